The maximum absolute atomic E-state index is 12.0. The number of hydrogen-bond donors (Lipinski definition) is 0. The minimum atomic E-state index is -2.72. The van der Waals surface area contributed by atoms with E-state index in [0.717, 1.165) is 6.29 Å². The molecular weight excluding hydrogens is 545 g/mol. The lowest BCUT2D eigenvalue weighted by molar-refractivity contribution is -0.139. The highest BCUT2D eigenvalue weighted by molar-refractivity contribution is 6.99. The largest absolute Gasteiger partial charge is 0.413 e. The third-order valence-corrected chi connectivity index (χ3v) is 18.4. The molecule has 230 valence electrons. The van der Waals surface area contributed by atoms with Gasteiger partial charge in [0.15, 0.2) is 8.32 Å². The Kier molecular flexibility index (Phi) is 12.8. The Morgan fingerprint density at radius 3 is 1.66 bits per heavy atom. The zero-order valence-electron chi connectivity index (χ0n) is 27.7. The molecule has 0 aliphatic rings. The highest BCUT2D eigenvalue weighted by Crippen LogP contribution is 2.41. The standard InChI is InChI=1S/C34H56O5Si2/c1-26(23-35)31(37-25-36-10)28(3)32(39-40(11,12)33(4,5)6)27(2)24-38-41(34(7,8)9,29-19-15-13-16-20-29)30-21-17-14-18-22-30/h13-23,26-28,31-32H,24-25H2,1-12H3/t26-,27+,28+,31-,32-/m0/s1. The molecule has 0 spiro atoms. The maximum atomic E-state index is 12.0. The van der Waals surface area contributed by atoms with Gasteiger partial charge in [-0.3, -0.25) is 0 Å². The summed E-state index contributed by atoms with van der Waals surface area (Å²) in [7, 11) is -3.28. The second kappa shape index (κ2) is 14.7. The van der Waals surface area contributed by atoms with Crippen molar-refractivity contribution in [3.8, 4) is 0 Å². The first kappa shape index (κ1) is 35.6. The SMILES string of the molecule is COCO[C@H]([C@@H](C)[C@@H](O[Si](C)(C)C(C)(C)C)[C@H](C)CO[Si](c1ccccc1)(c1ccccc1)C(C)(C)C)[C@@H](C)C=O. The van der Waals surface area contributed by atoms with Crippen molar-refractivity contribution in [2.24, 2.45) is 17.8 Å². The van der Waals surface area contributed by atoms with Crippen molar-refractivity contribution in [3.05, 3.63) is 60.7 Å². The second-order valence-electron chi connectivity index (χ2n) is 14.2. The van der Waals surface area contributed by atoms with Crippen LogP contribution in [0.3, 0.4) is 0 Å². The zero-order valence-corrected chi connectivity index (χ0v) is 29.7. The summed E-state index contributed by atoms with van der Waals surface area (Å²) in [6.45, 7) is 25.2. The van der Waals surface area contributed by atoms with Crippen LogP contribution in [0.4, 0.5) is 0 Å². The molecule has 0 amide bonds. The summed E-state index contributed by atoms with van der Waals surface area (Å²) >= 11 is 0. The van der Waals surface area contributed by atoms with E-state index in [4.69, 9.17) is 18.3 Å². The van der Waals surface area contributed by atoms with E-state index in [1.807, 2.05) is 6.92 Å². The first-order chi connectivity index (χ1) is 19.0. The minimum absolute atomic E-state index is 0.0305. The van der Waals surface area contributed by atoms with Gasteiger partial charge in [0, 0.05) is 31.5 Å². The fraction of sp³-hybridized carbons (Fsp3) is 0.618. The Morgan fingerprint density at radius 1 is 0.780 bits per heavy atom. The lowest BCUT2D eigenvalue weighted by Gasteiger charge is -2.47. The van der Waals surface area contributed by atoms with Crippen LogP contribution in [0.1, 0.15) is 62.3 Å². The number of benzene rings is 2. The number of hydrogen-bond acceptors (Lipinski definition) is 5. The van der Waals surface area contributed by atoms with Crippen molar-refractivity contribution in [2.45, 2.75) is 97.7 Å². The molecule has 2 aromatic carbocycles. The van der Waals surface area contributed by atoms with Gasteiger partial charge in [-0.05, 0) is 33.5 Å². The topological polar surface area (TPSA) is 54.0 Å². The van der Waals surface area contributed by atoms with Crippen molar-refractivity contribution in [3.63, 3.8) is 0 Å². The van der Waals surface area contributed by atoms with E-state index in [1.54, 1.807) is 7.11 Å². The molecule has 5 atom stereocenters. The molecule has 2 aromatic rings. The molecule has 0 saturated carbocycles. The van der Waals surface area contributed by atoms with E-state index in [2.05, 4.69) is 129 Å². The summed E-state index contributed by atoms with van der Waals surface area (Å²) < 4.78 is 25.9. The molecule has 41 heavy (non-hydrogen) atoms. The maximum Gasteiger partial charge on any atom is 0.261 e. The first-order valence-electron chi connectivity index (χ1n) is 15.0. The Balaban J connectivity index is 2.58. The summed E-state index contributed by atoms with van der Waals surface area (Å²) in [4.78, 5) is 12.0. The molecule has 0 radical (unpaired) electrons. The Hall–Kier alpha value is -1.62. The molecule has 0 bridgehead atoms. The molecule has 0 unspecified atom stereocenters. The van der Waals surface area contributed by atoms with Gasteiger partial charge in [0.25, 0.3) is 8.32 Å². The number of rotatable bonds is 15. The third kappa shape index (κ3) is 8.49. The molecule has 2 rings (SSSR count). The van der Waals surface area contributed by atoms with Crippen LogP contribution in [0, 0.1) is 17.8 Å². The molecule has 0 aromatic heterocycles. The van der Waals surface area contributed by atoms with E-state index in [1.165, 1.54) is 10.4 Å². The average Bonchev–Trinajstić information content (AvgIpc) is 2.91. The molecule has 0 fully saturated rings. The monoisotopic (exact) mass is 600 g/mol. The van der Waals surface area contributed by atoms with Gasteiger partial charge in [-0.1, -0.05) is 123 Å². The van der Waals surface area contributed by atoms with E-state index >= 15 is 0 Å². The summed E-state index contributed by atoms with van der Waals surface area (Å²) in [5.41, 5.74) is 0. The highest BCUT2D eigenvalue weighted by atomic mass is 28.4. The minimum Gasteiger partial charge on any atom is -0.413 e. The van der Waals surface area contributed by atoms with E-state index in [-0.39, 0.29) is 46.8 Å². The second-order valence-corrected chi connectivity index (χ2v) is 23.2. The average molecular weight is 601 g/mol. The quantitative estimate of drug-likeness (QED) is 0.125. The molecule has 0 aliphatic carbocycles. The van der Waals surface area contributed by atoms with Crippen molar-refractivity contribution < 1.29 is 23.1 Å². The summed E-state index contributed by atoms with van der Waals surface area (Å²) in [6, 6.07) is 21.5. The number of methoxy groups -OCH3 is 1. The molecule has 5 nitrogen and oxygen atoms in total. The van der Waals surface area contributed by atoms with Gasteiger partial charge in [0.2, 0.25) is 0 Å². The van der Waals surface area contributed by atoms with Crippen LogP contribution in [0.15, 0.2) is 60.7 Å². The van der Waals surface area contributed by atoms with E-state index in [0.29, 0.717) is 6.61 Å². The number of ether oxygens (including phenoxy) is 2. The van der Waals surface area contributed by atoms with Crippen molar-refractivity contribution in [1.82, 2.24) is 0 Å². The fourth-order valence-electron chi connectivity index (χ4n) is 5.56. The smallest absolute Gasteiger partial charge is 0.261 e. The summed E-state index contributed by atoms with van der Waals surface area (Å²) in [6.07, 6.45) is 0.472. The van der Waals surface area contributed by atoms with Crippen LogP contribution in [0.5, 0.6) is 0 Å². The van der Waals surface area contributed by atoms with E-state index in [9.17, 15) is 4.79 Å². The highest BCUT2D eigenvalue weighted by Gasteiger charge is 2.51. The van der Waals surface area contributed by atoms with Crippen LogP contribution >= 0.6 is 0 Å². The van der Waals surface area contributed by atoms with Crippen LogP contribution in [-0.2, 0) is 23.1 Å². The molecular formula is C34H56O5Si2. The molecule has 0 N–H and O–H groups in total. The molecule has 0 aliphatic heterocycles. The normalized spacial score (nSPS) is 17.0. The van der Waals surface area contributed by atoms with Gasteiger partial charge >= 0.3 is 0 Å². The van der Waals surface area contributed by atoms with Gasteiger partial charge in [0.05, 0.1) is 12.2 Å². The van der Waals surface area contributed by atoms with E-state index < -0.39 is 16.6 Å². The summed E-state index contributed by atoms with van der Waals surface area (Å²) in [5.74, 6) is -0.305. The van der Waals surface area contributed by atoms with Crippen LogP contribution in [0.25, 0.3) is 0 Å². The lowest BCUT2D eigenvalue weighted by Crippen LogP contribution is -2.67. The number of aldehydes is 1. The Morgan fingerprint density at radius 2 is 1.27 bits per heavy atom. The third-order valence-electron chi connectivity index (χ3n) is 8.92. The van der Waals surface area contributed by atoms with Crippen LogP contribution in [-0.4, -0.2) is 55.6 Å². The van der Waals surface area contributed by atoms with Gasteiger partial charge in [-0.25, -0.2) is 0 Å². The number of carbonyl (C=O) groups excluding carboxylic acids is 1. The Bertz CT molecular complexity index is 1010. The molecule has 7 heteroatoms. The molecule has 0 heterocycles. The van der Waals surface area contributed by atoms with Gasteiger partial charge in [-0.2, -0.15) is 0 Å². The van der Waals surface area contributed by atoms with Gasteiger partial charge < -0.3 is 23.1 Å². The predicted octanol–water partition coefficient (Wildman–Crippen LogP) is 7.05. The predicted molar refractivity (Wildman–Crippen MR) is 176 cm³/mol. The first-order valence-corrected chi connectivity index (χ1v) is 19.8. The van der Waals surface area contributed by atoms with Crippen molar-refractivity contribution in [1.29, 1.82) is 0 Å². The summed E-state index contributed by atoms with van der Waals surface area (Å²) in [5, 5.41) is 2.43. The van der Waals surface area contributed by atoms with Crippen molar-refractivity contribution >= 4 is 33.3 Å². The van der Waals surface area contributed by atoms with Gasteiger partial charge in [0.1, 0.15) is 13.1 Å². The Labute approximate surface area is 252 Å². The lowest BCUT2D eigenvalue weighted by atomic mass is 9.85. The fourth-order valence-corrected chi connectivity index (χ4v) is 11.7. The van der Waals surface area contributed by atoms with Crippen LogP contribution < -0.4 is 10.4 Å². The van der Waals surface area contributed by atoms with Crippen molar-refractivity contribution in [2.75, 3.05) is 20.5 Å². The zero-order chi connectivity index (χ0) is 31.1. The molecule has 0 saturated heterocycles. The van der Waals surface area contributed by atoms with Gasteiger partial charge in [-0.15, -0.1) is 0 Å². The van der Waals surface area contributed by atoms with Crippen LogP contribution in [0.2, 0.25) is 23.2 Å². The number of carbonyl (C=O) groups is 1.